The highest BCUT2D eigenvalue weighted by atomic mass is 16.6. The summed E-state index contributed by atoms with van der Waals surface area (Å²) in [6, 6.07) is 12.4. The van der Waals surface area contributed by atoms with Crippen LogP contribution in [0, 0.1) is 0 Å². The number of hydrogen-bond donors (Lipinski definition) is 2. The summed E-state index contributed by atoms with van der Waals surface area (Å²) >= 11 is 0. The second-order valence-corrected chi connectivity index (χ2v) is 8.98. The predicted molar refractivity (Wildman–Crippen MR) is 130 cm³/mol. The van der Waals surface area contributed by atoms with E-state index in [0.29, 0.717) is 48.9 Å². The minimum atomic E-state index is -1.14. The Hall–Kier alpha value is -3.24. The van der Waals surface area contributed by atoms with Crippen molar-refractivity contribution in [1.29, 1.82) is 0 Å². The highest BCUT2D eigenvalue weighted by Crippen LogP contribution is 2.31. The predicted octanol–water partition coefficient (Wildman–Crippen LogP) is 3.48. The maximum Gasteiger partial charge on any atom is 0.492 e. The molecule has 1 aliphatic rings. The summed E-state index contributed by atoms with van der Waals surface area (Å²) in [4.78, 5) is 23.5. The Morgan fingerprint density at radius 1 is 1.11 bits per heavy atom. The van der Waals surface area contributed by atoms with Crippen molar-refractivity contribution in [3.63, 3.8) is 0 Å². The van der Waals surface area contributed by atoms with Crippen LogP contribution in [-0.2, 0) is 18.9 Å². The van der Waals surface area contributed by atoms with Gasteiger partial charge in [-0.25, -0.2) is 4.79 Å². The van der Waals surface area contributed by atoms with Crippen LogP contribution in [-0.4, -0.2) is 49.6 Å². The molecule has 1 unspecified atom stereocenters. The van der Waals surface area contributed by atoms with Crippen LogP contribution in [0.1, 0.15) is 52.2 Å². The van der Waals surface area contributed by atoms with Crippen molar-refractivity contribution in [1.82, 2.24) is 5.32 Å². The highest BCUT2D eigenvalue weighted by molar-refractivity contribution is 6.61. The summed E-state index contributed by atoms with van der Waals surface area (Å²) in [5.74, 6) is 1.32. The fourth-order valence-electron chi connectivity index (χ4n) is 3.49. The lowest BCUT2D eigenvalue weighted by Gasteiger charge is -2.19. The van der Waals surface area contributed by atoms with E-state index in [1.54, 1.807) is 37.3 Å². The van der Waals surface area contributed by atoms with Crippen LogP contribution in [0.4, 0.5) is 4.79 Å². The molecule has 0 aromatic heterocycles. The van der Waals surface area contributed by atoms with Gasteiger partial charge in [-0.1, -0.05) is 12.1 Å². The molecule has 10 heteroatoms. The number of amides is 1. The zero-order valence-corrected chi connectivity index (χ0v) is 20.5. The third-order valence-electron chi connectivity index (χ3n) is 4.92. The number of fused-ring (bicyclic) bond motifs is 1. The summed E-state index contributed by atoms with van der Waals surface area (Å²) in [7, 11) is -1.14. The maximum atomic E-state index is 11.8. The average molecular weight is 485 g/mol. The molecule has 1 amide bonds. The van der Waals surface area contributed by atoms with Crippen molar-refractivity contribution < 1.29 is 38.2 Å². The Labute approximate surface area is 205 Å². The molecule has 0 saturated heterocycles. The Morgan fingerprint density at radius 3 is 2.60 bits per heavy atom. The van der Waals surface area contributed by atoms with E-state index in [0.717, 1.165) is 5.56 Å². The first-order valence-corrected chi connectivity index (χ1v) is 11.6. The third-order valence-corrected chi connectivity index (χ3v) is 4.92. The van der Waals surface area contributed by atoms with Gasteiger partial charge < -0.3 is 33.9 Å². The molecule has 0 saturated carbocycles. The minimum Gasteiger partial charge on any atom is -0.493 e. The molecule has 0 aliphatic carbocycles. The first-order valence-electron chi connectivity index (χ1n) is 11.6. The van der Waals surface area contributed by atoms with Gasteiger partial charge in [0.1, 0.15) is 22.8 Å². The second kappa shape index (κ2) is 11.9. The topological polar surface area (TPSA) is 113 Å². The Bertz CT molecular complexity index is 1020. The lowest BCUT2D eigenvalue weighted by Crippen LogP contribution is -2.33. The SMILES string of the molecule is CCOC(=O)CC1OB(O)c2cc(Oc3cccc(OCCCNC(=O)OC(C)(C)C)c3)ccc21. The minimum absolute atomic E-state index is 0.0325. The Kier molecular flexibility index (Phi) is 9.00. The van der Waals surface area contributed by atoms with Crippen LogP contribution in [0.15, 0.2) is 42.5 Å². The molecule has 1 heterocycles. The largest absolute Gasteiger partial charge is 0.493 e. The molecule has 2 aromatic carbocycles. The van der Waals surface area contributed by atoms with Crippen molar-refractivity contribution >= 4 is 24.6 Å². The zero-order chi connectivity index (χ0) is 25.4. The molecule has 2 N–H and O–H groups in total. The number of carbonyl (C=O) groups excluding carboxylic acids is 2. The zero-order valence-electron chi connectivity index (χ0n) is 20.5. The Morgan fingerprint density at radius 2 is 1.86 bits per heavy atom. The molecule has 0 bridgehead atoms. The van der Waals surface area contributed by atoms with E-state index in [2.05, 4.69) is 5.32 Å². The summed E-state index contributed by atoms with van der Waals surface area (Å²) in [5, 5.41) is 13.0. The first-order chi connectivity index (χ1) is 16.6. The van der Waals surface area contributed by atoms with E-state index in [-0.39, 0.29) is 12.4 Å². The molecule has 9 nitrogen and oxygen atoms in total. The molecule has 0 spiro atoms. The van der Waals surface area contributed by atoms with Gasteiger partial charge in [0, 0.05) is 12.6 Å². The smallest absolute Gasteiger partial charge is 0.492 e. The Balaban J connectivity index is 1.51. The van der Waals surface area contributed by atoms with Crippen molar-refractivity contribution in [2.45, 2.75) is 52.2 Å². The molecule has 3 rings (SSSR count). The van der Waals surface area contributed by atoms with Gasteiger partial charge in [0.15, 0.2) is 0 Å². The molecule has 0 fully saturated rings. The van der Waals surface area contributed by atoms with Crippen molar-refractivity contribution in [2.24, 2.45) is 0 Å². The third kappa shape index (κ3) is 8.19. The van der Waals surface area contributed by atoms with E-state index in [9.17, 15) is 14.6 Å². The van der Waals surface area contributed by atoms with E-state index in [4.69, 9.17) is 23.6 Å². The van der Waals surface area contributed by atoms with Crippen molar-refractivity contribution in [3.8, 4) is 17.2 Å². The van der Waals surface area contributed by atoms with Gasteiger partial charge in [0.2, 0.25) is 0 Å². The van der Waals surface area contributed by atoms with Gasteiger partial charge in [-0.15, -0.1) is 0 Å². The summed E-state index contributed by atoms with van der Waals surface area (Å²) in [6.07, 6.45) is -0.371. The number of ether oxygens (including phenoxy) is 4. The van der Waals surface area contributed by atoms with Gasteiger partial charge in [0.05, 0.1) is 25.7 Å². The summed E-state index contributed by atoms with van der Waals surface area (Å²) < 4.78 is 27.4. The monoisotopic (exact) mass is 485 g/mol. The fraction of sp³-hybridized carbons (Fsp3) is 0.440. The quantitative estimate of drug-likeness (QED) is 0.299. The number of esters is 1. The molecular weight excluding hydrogens is 453 g/mol. The van der Waals surface area contributed by atoms with Gasteiger partial charge in [-0.2, -0.15) is 0 Å². The molecule has 1 aliphatic heterocycles. The maximum absolute atomic E-state index is 11.8. The fourth-order valence-corrected chi connectivity index (χ4v) is 3.49. The summed E-state index contributed by atoms with van der Waals surface area (Å²) in [5.41, 5.74) is 0.756. The average Bonchev–Trinajstić information content (AvgIpc) is 3.07. The number of rotatable bonds is 10. The van der Waals surface area contributed by atoms with E-state index in [1.165, 1.54) is 0 Å². The van der Waals surface area contributed by atoms with Crippen molar-refractivity contribution in [3.05, 3.63) is 48.0 Å². The lowest BCUT2D eigenvalue weighted by atomic mass is 9.79. The van der Waals surface area contributed by atoms with Crippen LogP contribution in [0.5, 0.6) is 17.2 Å². The number of alkyl carbamates (subject to hydrolysis) is 1. The molecule has 0 radical (unpaired) electrons. The number of carbonyl (C=O) groups is 2. The van der Waals surface area contributed by atoms with Gasteiger partial charge in [-0.05, 0) is 69.4 Å². The molecular formula is C25H32BNO8. The molecule has 35 heavy (non-hydrogen) atoms. The molecule has 2 aromatic rings. The van der Waals surface area contributed by atoms with Crippen LogP contribution in [0.2, 0.25) is 0 Å². The van der Waals surface area contributed by atoms with Gasteiger partial charge >= 0.3 is 19.2 Å². The van der Waals surface area contributed by atoms with Gasteiger partial charge in [0.25, 0.3) is 0 Å². The second-order valence-electron chi connectivity index (χ2n) is 8.98. The standard InChI is InChI=1S/C25H32BNO8/c1-5-31-23(28)16-22-20-11-10-19(15-21(20)26(30)35-22)33-18-9-6-8-17(14-18)32-13-7-12-27-24(29)34-25(2,3)4/h6,8-11,14-15,22,30H,5,7,12-13,16H2,1-4H3,(H,27,29). The van der Waals surface area contributed by atoms with Gasteiger partial charge in [-0.3, -0.25) is 4.79 Å². The van der Waals surface area contributed by atoms with Crippen LogP contribution < -0.4 is 20.3 Å². The normalized spacial score (nSPS) is 14.8. The number of nitrogens with one attached hydrogen (secondary N) is 1. The number of benzene rings is 2. The number of hydrogen-bond acceptors (Lipinski definition) is 8. The first kappa shape index (κ1) is 26.4. The van der Waals surface area contributed by atoms with E-state index < -0.39 is 24.9 Å². The van der Waals surface area contributed by atoms with Crippen LogP contribution in [0.25, 0.3) is 0 Å². The van der Waals surface area contributed by atoms with Crippen molar-refractivity contribution in [2.75, 3.05) is 19.8 Å². The molecule has 188 valence electrons. The highest BCUT2D eigenvalue weighted by Gasteiger charge is 2.36. The van der Waals surface area contributed by atoms with E-state index in [1.807, 2.05) is 32.9 Å². The molecule has 1 atom stereocenters. The van der Waals surface area contributed by atoms with Crippen LogP contribution in [0.3, 0.4) is 0 Å². The lowest BCUT2D eigenvalue weighted by molar-refractivity contribution is -0.145. The van der Waals surface area contributed by atoms with Crippen LogP contribution >= 0.6 is 0 Å². The summed E-state index contributed by atoms with van der Waals surface area (Å²) in [6.45, 7) is 8.31. The van der Waals surface area contributed by atoms with E-state index >= 15 is 0 Å².